The van der Waals surface area contributed by atoms with E-state index in [1.165, 1.54) is 0 Å². The lowest BCUT2D eigenvalue weighted by molar-refractivity contribution is -0.123. The van der Waals surface area contributed by atoms with E-state index in [1.807, 2.05) is 18.2 Å². The van der Waals surface area contributed by atoms with Crippen molar-refractivity contribution in [1.82, 2.24) is 0 Å². The van der Waals surface area contributed by atoms with Crippen molar-refractivity contribution < 1.29 is 10.0 Å². The minimum atomic E-state index is -0.218. The highest BCUT2D eigenvalue weighted by molar-refractivity contribution is 5.92. The lowest BCUT2D eigenvalue weighted by atomic mass is 10.1. The Labute approximate surface area is 76.6 Å². The van der Waals surface area contributed by atoms with E-state index in [1.54, 1.807) is 6.07 Å². The maximum Gasteiger partial charge on any atom is 0.250 e. The van der Waals surface area contributed by atoms with Crippen LogP contribution in [-0.2, 0) is 11.2 Å². The number of amides is 1. The molecule has 0 atom stereocenters. The molecule has 1 aromatic rings. The molecule has 68 valence electrons. The van der Waals surface area contributed by atoms with Crippen molar-refractivity contribution in [2.75, 3.05) is 5.06 Å². The van der Waals surface area contributed by atoms with Crippen LogP contribution in [0.25, 0.3) is 0 Å². The van der Waals surface area contributed by atoms with Crippen LogP contribution in [0.5, 0.6) is 0 Å². The Morgan fingerprint density at radius 1 is 1.23 bits per heavy atom. The number of hydroxylamine groups is 1. The Bertz CT molecular complexity index is 335. The lowest BCUT2D eigenvalue weighted by Crippen LogP contribution is -2.25. The number of carbonyl (C=O) groups is 1. The Hall–Kier alpha value is -1.35. The van der Waals surface area contributed by atoms with Crippen LogP contribution >= 0.6 is 0 Å². The molecule has 1 amide bonds. The third-order valence-corrected chi connectivity index (χ3v) is 2.29. The van der Waals surface area contributed by atoms with Crippen LogP contribution in [-0.4, -0.2) is 11.1 Å². The minimum Gasteiger partial charge on any atom is -0.281 e. The first-order valence-electron chi connectivity index (χ1n) is 4.39. The average Bonchev–Trinajstić information content (AvgIpc) is 2.29. The predicted molar refractivity (Wildman–Crippen MR) is 48.7 cm³/mol. The normalized spacial score (nSPS) is 16.7. The summed E-state index contributed by atoms with van der Waals surface area (Å²) in [5, 5.41) is 10.3. The maximum atomic E-state index is 11.3. The van der Waals surface area contributed by atoms with Crippen LogP contribution in [0.1, 0.15) is 18.4 Å². The summed E-state index contributed by atoms with van der Waals surface area (Å²) in [7, 11) is 0. The number of nitrogens with zero attached hydrogens (tertiary/aromatic N) is 1. The quantitative estimate of drug-likeness (QED) is 0.613. The van der Waals surface area contributed by atoms with E-state index in [4.69, 9.17) is 0 Å². The van der Waals surface area contributed by atoms with E-state index in [0.29, 0.717) is 12.1 Å². The van der Waals surface area contributed by atoms with E-state index < -0.39 is 0 Å². The van der Waals surface area contributed by atoms with Gasteiger partial charge in [0, 0.05) is 6.42 Å². The van der Waals surface area contributed by atoms with Crippen LogP contribution in [0.3, 0.4) is 0 Å². The van der Waals surface area contributed by atoms with Crippen molar-refractivity contribution in [1.29, 1.82) is 0 Å². The van der Waals surface area contributed by atoms with Gasteiger partial charge in [-0.3, -0.25) is 10.0 Å². The second kappa shape index (κ2) is 3.18. The van der Waals surface area contributed by atoms with Gasteiger partial charge in [0.2, 0.25) is 0 Å². The fourth-order valence-electron chi connectivity index (χ4n) is 1.60. The summed E-state index contributed by atoms with van der Waals surface area (Å²) < 4.78 is 0. The molecule has 13 heavy (non-hydrogen) atoms. The number of rotatable bonds is 0. The van der Waals surface area contributed by atoms with Gasteiger partial charge >= 0.3 is 0 Å². The van der Waals surface area contributed by atoms with E-state index in [9.17, 15) is 10.0 Å². The third-order valence-electron chi connectivity index (χ3n) is 2.29. The second-order valence-electron chi connectivity index (χ2n) is 3.19. The van der Waals surface area contributed by atoms with Crippen molar-refractivity contribution in [3.05, 3.63) is 29.8 Å². The van der Waals surface area contributed by atoms with E-state index in [0.717, 1.165) is 23.5 Å². The van der Waals surface area contributed by atoms with E-state index >= 15 is 0 Å². The minimum absolute atomic E-state index is 0.218. The van der Waals surface area contributed by atoms with Gasteiger partial charge in [0.15, 0.2) is 0 Å². The summed E-state index contributed by atoms with van der Waals surface area (Å²) in [5.41, 5.74) is 1.67. The molecule has 0 fully saturated rings. The van der Waals surface area contributed by atoms with Crippen LogP contribution < -0.4 is 5.06 Å². The highest BCUT2D eigenvalue weighted by atomic mass is 16.5. The number of hydrogen-bond acceptors (Lipinski definition) is 2. The van der Waals surface area contributed by atoms with Crippen molar-refractivity contribution in [2.24, 2.45) is 0 Å². The number of fused-ring (bicyclic) bond motifs is 1. The lowest BCUT2D eigenvalue weighted by Gasteiger charge is -2.14. The molecule has 0 radical (unpaired) electrons. The molecule has 0 unspecified atom stereocenters. The molecule has 1 aromatic carbocycles. The molecule has 1 aliphatic heterocycles. The Kier molecular flexibility index (Phi) is 2.02. The summed E-state index contributed by atoms with van der Waals surface area (Å²) in [5.74, 6) is -0.218. The third kappa shape index (κ3) is 1.42. The van der Waals surface area contributed by atoms with Gasteiger partial charge in [-0.25, -0.2) is 0 Å². The van der Waals surface area contributed by atoms with Gasteiger partial charge in [0.1, 0.15) is 0 Å². The van der Waals surface area contributed by atoms with E-state index in [2.05, 4.69) is 0 Å². The molecule has 0 saturated heterocycles. The molecule has 0 saturated carbocycles. The zero-order valence-electron chi connectivity index (χ0n) is 7.23. The Morgan fingerprint density at radius 3 is 2.85 bits per heavy atom. The average molecular weight is 177 g/mol. The predicted octanol–water partition coefficient (Wildman–Crippen LogP) is 1.75. The van der Waals surface area contributed by atoms with Crippen molar-refractivity contribution >= 4 is 11.6 Å². The molecular formula is C10H11NO2. The fourth-order valence-corrected chi connectivity index (χ4v) is 1.60. The molecule has 1 aliphatic rings. The topological polar surface area (TPSA) is 40.5 Å². The molecule has 0 bridgehead atoms. The molecule has 1 heterocycles. The van der Waals surface area contributed by atoms with Crippen LogP contribution in [0.4, 0.5) is 5.69 Å². The molecular weight excluding hydrogens is 166 g/mol. The molecule has 0 aliphatic carbocycles. The Morgan fingerprint density at radius 2 is 2.00 bits per heavy atom. The maximum absolute atomic E-state index is 11.3. The van der Waals surface area contributed by atoms with Gasteiger partial charge < -0.3 is 0 Å². The van der Waals surface area contributed by atoms with Gasteiger partial charge in [-0.05, 0) is 24.5 Å². The van der Waals surface area contributed by atoms with Gasteiger partial charge in [-0.1, -0.05) is 18.2 Å². The summed E-state index contributed by atoms with van der Waals surface area (Å²) in [6, 6.07) is 7.44. The summed E-state index contributed by atoms with van der Waals surface area (Å²) >= 11 is 0. The Balaban J connectivity index is 2.46. The van der Waals surface area contributed by atoms with Gasteiger partial charge in [-0.15, -0.1) is 0 Å². The second-order valence-corrected chi connectivity index (χ2v) is 3.19. The highest BCUT2D eigenvalue weighted by Gasteiger charge is 2.19. The zero-order chi connectivity index (χ0) is 9.26. The first kappa shape index (κ1) is 8.26. The van der Waals surface area contributed by atoms with Crippen LogP contribution in [0.15, 0.2) is 24.3 Å². The largest absolute Gasteiger partial charge is 0.281 e. The number of aryl methyl sites for hydroxylation is 1. The molecule has 2 rings (SSSR count). The standard InChI is InChI=1S/C10H11NO2/c12-10-7-3-5-8-4-1-2-6-9(8)11(10)13/h1-2,4,6,13H,3,5,7H2. The first-order valence-corrected chi connectivity index (χ1v) is 4.39. The molecule has 3 nitrogen and oxygen atoms in total. The summed E-state index contributed by atoms with van der Waals surface area (Å²) in [6.07, 6.45) is 2.09. The molecule has 1 N–H and O–H groups in total. The monoisotopic (exact) mass is 177 g/mol. The summed E-state index contributed by atoms with van der Waals surface area (Å²) in [4.78, 5) is 11.3. The number of carbonyl (C=O) groups excluding carboxylic acids is 1. The van der Waals surface area contributed by atoms with Crippen molar-refractivity contribution in [3.8, 4) is 0 Å². The fraction of sp³-hybridized carbons (Fsp3) is 0.300. The first-order chi connectivity index (χ1) is 6.29. The number of para-hydroxylation sites is 1. The van der Waals surface area contributed by atoms with Crippen LogP contribution in [0, 0.1) is 0 Å². The number of hydrogen-bond donors (Lipinski definition) is 1. The highest BCUT2D eigenvalue weighted by Crippen LogP contribution is 2.24. The SMILES string of the molecule is O=C1CCCc2ccccc2N1O. The van der Waals surface area contributed by atoms with Crippen LogP contribution in [0.2, 0.25) is 0 Å². The van der Waals surface area contributed by atoms with Gasteiger partial charge in [-0.2, -0.15) is 5.06 Å². The number of anilines is 1. The van der Waals surface area contributed by atoms with E-state index in [-0.39, 0.29) is 5.91 Å². The van der Waals surface area contributed by atoms with Gasteiger partial charge in [0.25, 0.3) is 5.91 Å². The van der Waals surface area contributed by atoms with Crippen molar-refractivity contribution in [3.63, 3.8) is 0 Å². The summed E-state index contributed by atoms with van der Waals surface area (Å²) in [6.45, 7) is 0. The molecule has 0 spiro atoms. The smallest absolute Gasteiger partial charge is 0.250 e. The molecule has 3 heteroatoms. The number of benzene rings is 1. The van der Waals surface area contributed by atoms with Crippen molar-refractivity contribution in [2.45, 2.75) is 19.3 Å². The van der Waals surface area contributed by atoms with Gasteiger partial charge in [0.05, 0.1) is 5.69 Å². The zero-order valence-corrected chi connectivity index (χ0v) is 7.23. The molecule has 0 aromatic heterocycles.